The number of nitrogens with one attached hydrogen (secondary N) is 1. The number of amides is 1. The first-order valence-corrected chi connectivity index (χ1v) is 11.7. The van der Waals surface area contributed by atoms with E-state index in [0.717, 1.165) is 16.9 Å². The fourth-order valence-corrected chi connectivity index (χ4v) is 4.48. The number of carbonyl (C=O) groups excluding carboxylic acids is 1. The fourth-order valence-electron chi connectivity index (χ4n) is 2.88. The van der Waals surface area contributed by atoms with Crippen molar-refractivity contribution >= 4 is 27.3 Å². The van der Waals surface area contributed by atoms with Gasteiger partial charge in [0.15, 0.2) is 0 Å². The molecule has 0 fully saturated rings. The van der Waals surface area contributed by atoms with Gasteiger partial charge < -0.3 is 9.32 Å². The molecule has 0 radical (unpaired) electrons. The van der Waals surface area contributed by atoms with Crippen LogP contribution >= 0.6 is 11.3 Å². The predicted molar refractivity (Wildman–Crippen MR) is 116 cm³/mol. The third-order valence-electron chi connectivity index (χ3n) is 4.48. The topological polar surface area (TPSA) is 79.6 Å². The van der Waals surface area contributed by atoms with Crippen LogP contribution in [0.15, 0.2) is 68.8 Å². The van der Waals surface area contributed by atoms with Crippen LogP contribution in [0.3, 0.4) is 0 Å². The lowest BCUT2D eigenvalue weighted by atomic mass is 10.1. The highest BCUT2D eigenvalue weighted by Crippen LogP contribution is 2.14. The molecule has 0 aliphatic rings. The van der Waals surface area contributed by atoms with Gasteiger partial charge in [0.25, 0.3) is 0 Å². The number of benzene rings is 1. The zero-order chi connectivity index (χ0) is 21.4. The molecule has 0 spiro atoms. The van der Waals surface area contributed by atoms with Gasteiger partial charge in [0.2, 0.25) is 15.9 Å². The van der Waals surface area contributed by atoms with E-state index in [1.54, 1.807) is 40.7 Å². The van der Waals surface area contributed by atoms with Crippen molar-refractivity contribution in [2.24, 2.45) is 0 Å². The van der Waals surface area contributed by atoms with Crippen LogP contribution < -0.4 is 4.72 Å². The van der Waals surface area contributed by atoms with E-state index in [1.807, 2.05) is 22.9 Å². The summed E-state index contributed by atoms with van der Waals surface area (Å²) in [5, 5.41) is 3.92. The van der Waals surface area contributed by atoms with Crippen LogP contribution in [-0.4, -0.2) is 32.3 Å². The van der Waals surface area contributed by atoms with Gasteiger partial charge in [0.1, 0.15) is 5.76 Å². The molecule has 156 valence electrons. The molecule has 30 heavy (non-hydrogen) atoms. The van der Waals surface area contributed by atoms with Crippen molar-refractivity contribution in [2.75, 3.05) is 13.1 Å². The number of nitrogens with zero attached hydrogens (tertiary/aromatic N) is 1. The van der Waals surface area contributed by atoms with E-state index in [4.69, 9.17) is 10.8 Å². The molecule has 0 unspecified atom stereocenters. The van der Waals surface area contributed by atoms with Crippen molar-refractivity contribution in [3.63, 3.8) is 0 Å². The van der Waals surface area contributed by atoms with E-state index in [0.29, 0.717) is 25.9 Å². The fraction of sp³-hybridized carbons (Fsp3) is 0.227. The summed E-state index contributed by atoms with van der Waals surface area (Å²) < 4.78 is 32.0. The average molecular weight is 443 g/mol. The molecular weight excluding hydrogens is 420 g/mol. The molecule has 0 aliphatic heterocycles. The van der Waals surface area contributed by atoms with Gasteiger partial charge >= 0.3 is 0 Å². The molecule has 1 amide bonds. The van der Waals surface area contributed by atoms with Crippen LogP contribution in [0.25, 0.3) is 0 Å². The summed E-state index contributed by atoms with van der Waals surface area (Å²) in [7, 11) is -3.62. The van der Waals surface area contributed by atoms with Crippen LogP contribution in [0.5, 0.6) is 0 Å². The van der Waals surface area contributed by atoms with Gasteiger partial charge in [-0.2, -0.15) is 16.1 Å². The molecule has 0 saturated carbocycles. The normalized spacial score (nSPS) is 11.2. The quantitative estimate of drug-likeness (QED) is 0.490. The highest BCUT2D eigenvalue weighted by molar-refractivity contribution is 7.89. The highest BCUT2D eigenvalue weighted by atomic mass is 32.2. The van der Waals surface area contributed by atoms with E-state index in [9.17, 15) is 13.2 Å². The van der Waals surface area contributed by atoms with Crippen molar-refractivity contribution in [3.8, 4) is 12.3 Å². The number of hydrogen-bond donors (Lipinski definition) is 1. The van der Waals surface area contributed by atoms with Crippen molar-refractivity contribution in [3.05, 3.63) is 76.4 Å². The largest absolute Gasteiger partial charge is 0.467 e. The number of carbonyl (C=O) groups is 1. The Morgan fingerprint density at radius 3 is 2.60 bits per heavy atom. The van der Waals surface area contributed by atoms with Gasteiger partial charge in [-0.15, -0.1) is 6.42 Å². The lowest BCUT2D eigenvalue weighted by molar-refractivity contribution is -0.131. The molecule has 2 aromatic heterocycles. The first-order chi connectivity index (χ1) is 14.5. The zero-order valence-electron chi connectivity index (χ0n) is 16.3. The third kappa shape index (κ3) is 6.07. The molecule has 0 bridgehead atoms. The zero-order valence-corrected chi connectivity index (χ0v) is 17.9. The van der Waals surface area contributed by atoms with E-state index in [-0.39, 0.29) is 17.3 Å². The van der Waals surface area contributed by atoms with Crippen LogP contribution in [0, 0.1) is 12.3 Å². The smallest absolute Gasteiger partial charge is 0.241 e. The molecule has 0 saturated heterocycles. The minimum Gasteiger partial charge on any atom is -0.467 e. The summed E-state index contributed by atoms with van der Waals surface area (Å²) >= 11 is 1.56. The number of furan rings is 1. The van der Waals surface area contributed by atoms with Crippen molar-refractivity contribution in [1.82, 2.24) is 9.62 Å². The summed E-state index contributed by atoms with van der Waals surface area (Å²) in [6.45, 7) is 0.821. The summed E-state index contributed by atoms with van der Waals surface area (Å²) in [6.07, 6.45) is 7.62. The Kier molecular flexibility index (Phi) is 7.46. The summed E-state index contributed by atoms with van der Waals surface area (Å²) in [6, 6.07) is 12.2. The van der Waals surface area contributed by atoms with E-state index in [1.165, 1.54) is 12.1 Å². The molecule has 1 aromatic carbocycles. The summed E-state index contributed by atoms with van der Waals surface area (Å²) in [5.74, 6) is 2.98. The van der Waals surface area contributed by atoms with Gasteiger partial charge in [0, 0.05) is 6.54 Å². The first-order valence-electron chi connectivity index (χ1n) is 9.31. The second kappa shape index (κ2) is 10.3. The van der Waals surface area contributed by atoms with Crippen molar-refractivity contribution in [2.45, 2.75) is 24.3 Å². The summed E-state index contributed by atoms with van der Waals surface area (Å²) in [4.78, 5) is 14.7. The number of rotatable bonds is 10. The SMILES string of the molecule is C#CCNS(=O)(=O)c1ccc(CCN(Cc2ccco2)C(=O)Cc2ccsc2)cc1. The number of terminal acetylenes is 1. The minimum absolute atomic E-state index is 0.0162. The maximum atomic E-state index is 12.8. The molecule has 3 rings (SSSR count). The van der Waals surface area contributed by atoms with Gasteiger partial charge in [-0.1, -0.05) is 18.1 Å². The molecule has 3 aromatic rings. The Hall–Kier alpha value is -2.86. The second-order valence-electron chi connectivity index (χ2n) is 6.63. The maximum absolute atomic E-state index is 12.8. The molecule has 0 atom stereocenters. The van der Waals surface area contributed by atoms with Gasteiger partial charge in [0.05, 0.1) is 30.7 Å². The Bertz CT molecular complexity index is 1080. The molecule has 1 N–H and O–H groups in total. The van der Waals surface area contributed by atoms with Crippen LogP contribution in [-0.2, 0) is 34.2 Å². The van der Waals surface area contributed by atoms with Crippen molar-refractivity contribution < 1.29 is 17.6 Å². The number of hydrogen-bond acceptors (Lipinski definition) is 5. The van der Waals surface area contributed by atoms with Crippen LogP contribution in [0.1, 0.15) is 16.9 Å². The summed E-state index contributed by atoms with van der Waals surface area (Å²) in [5.41, 5.74) is 1.92. The number of sulfonamides is 1. The minimum atomic E-state index is -3.62. The molecule has 6 nitrogen and oxygen atoms in total. The molecule has 2 heterocycles. The molecule has 8 heteroatoms. The van der Waals surface area contributed by atoms with E-state index < -0.39 is 10.0 Å². The van der Waals surface area contributed by atoms with Crippen LogP contribution in [0.2, 0.25) is 0 Å². The second-order valence-corrected chi connectivity index (χ2v) is 9.17. The average Bonchev–Trinajstić information content (AvgIpc) is 3.44. The Morgan fingerprint density at radius 2 is 1.97 bits per heavy atom. The van der Waals surface area contributed by atoms with Crippen molar-refractivity contribution in [1.29, 1.82) is 0 Å². The lowest BCUT2D eigenvalue weighted by Crippen LogP contribution is -2.33. The Labute approximate surface area is 180 Å². The monoisotopic (exact) mass is 442 g/mol. The van der Waals surface area contributed by atoms with Gasteiger partial charge in [-0.05, 0) is 58.6 Å². The lowest BCUT2D eigenvalue weighted by Gasteiger charge is -2.22. The molecule has 0 aliphatic carbocycles. The van der Waals surface area contributed by atoms with E-state index >= 15 is 0 Å². The predicted octanol–water partition coefficient (Wildman–Crippen LogP) is 3.07. The van der Waals surface area contributed by atoms with E-state index in [2.05, 4.69) is 10.6 Å². The first kappa shape index (κ1) is 21.8. The highest BCUT2D eigenvalue weighted by Gasteiger charge is 2.17. The van der Waals surface area contributed by atoms with Gasteiger partial charge in [-0.25, -0.2) is 8.42 Å². The standard InChI is InChI=1S/C22H22N2O4S2/c1-2-11-23-30(26,27)21-7-5-18(6-8-21)9-12-24(16-20-4-3-13-28-20)22(25)15-19-10-14-29-17-19/h1,3-8,10,13-14,17,23H,9,11-12,15-16H2. The van der Waals surface area contributed by atoms with Gasteiger partial charge in [-0.3, -0.25) is 4.79 Å². The maximum Gasteiger partial charge on any atom is 0.241 e. The molecular formula is C22H22N2O4S2. The Morgan fingerprint density at radius 1 is 1.17 bits per heavy atom. The third-order valence-corrected chi connectivity index (χ3v) is 6.63. The Balaban J connectivity index is 1.65. The van der Waals surface area contributed by atoms with Crippen LogP contribution in [0.4, 0.5) is 0 Å². The number of thiophene rings is 1.